The molecule has 0 saturated carbocycles. The first kappa shape index (κ1) is 22.9. The van der Waals surface area contributed by atoms with Gasteiger partial charge in [0.1, 0.15) is 18.1 Å². The Morgan fingerprint density at radius 1 is 1.00 bits per heavy atom. The third kappa shape index (κ3) is 6.60. The number of piperazine rings is 1. The molecule has 31 heavy (non-hydrogen) atoms. The predicted molar refractivity (Wildman–Crippen MR) is 125 cm³/mol. The van der Waals surface area contributed by atoms with Gasteiger partial charge in [0.25, 0.3) is 0 Å². The molecule has 2 aromatic rings. The zero-order valence-corrected chi connectivity index (χ0v) is 19.0. The van der Waals surface area contributed by atoms with Gasteiger partial charge >= 0.3 is 0 Å². The molecule has 7 nitrogen and oxygen atoms in total. The molecule has 2 aromatic carbocycles. The first-order valence-electron chi connectivity index (χ1n) is 10.8. The van der Waals surface area contributed by atoms with E-state index in [-0.39, 0.29) is 11.9 Å². The number of carbonyl (C=O) groups is 1. The smallest absolute Gasteiger partial charge is 0.241 e. The summed E-state index contributed by atoms with van der Waals surface area (Å²) in [6.45, 7) is 7.10. The fraction of sp³-hybridized carbons (Fsp3) is 0.458. The van der Waals surface area contributed by atoms with Crippen molar-refractivity contribution in [2.24, 2.45) is 0 Å². The van der Waals surface area contributed by atoms with Crippen molar-refractivity contribution in [2.45, 2.75) is 13.0 Å². The van der Waals surface area contributed by atoms with E-state index in [2.05, 4.69) is 15.1 Å². The number of benzene rings is 2. The van der Waals surface area contributed by atoms with E-state index in [1.54, 1.807) is 7.11 Å². The third-order valence-electron chi connectivity index (χ3n) is 5.72. The summed E-state index contributed by atoms with van der Waals surface area (Å²) < 4.78 is 11.0. The van der Waals surface area contributed by atoms with Crippen molar-refractivity contribution in [2.75, 3.05) is 70.8 Å². The number of rotatable bonds is 9. The normalized spacial score (nSPS) is 15.9. The van der Waals surface area contributed by atoms with Crippen molar-refractivity contribution in [3.8, 4) is 11.5 Å². The summed E-state index contributed by atoms with van der Waals surface area (Å²) in [5, 5.41) is 3.04. The van der Waals surface area contributed by atoms with Crippen LogP contribution in [0.1, 0.15) is 6.92 Å². The second-order valence-corrected chi connectivity index (χ2v) is 8.01. The molecular formula is C24H34N4O3. The molecule has 0 radical (unpaired) electrons. The standard InChI is InChI=1S/C24H34N4O3/c1-19(24(29)25-20-5-7-21(8-6-20)26(2)3)28-15-13-27(14-16-28)17-18-31-23-11-9-22(30-4)10-12-23/h5-12,19H,13-18H2,1-4H3,(H,25,29)/t19-/m1/s1. The zero-order chi connectivity index (χ0) is 22.2. The van der Waals surface area contributed by atoms with E-state index in [1.165, 1.54) is 0 Å². The van der Waals surface area contributed by atoms with Crippen LogP contribution in [-0.2, 0) is 4.79 Å². The van der Waals surface area contributed by atoms with Crippen LogP contribution in [0.25, 0.3) is 0 Å². The van der Waals surface area contributed by atoms with Crippen LogP contribution < -0.4 is 19.7 Å². The van der Waals surface area contributed by atoms with Crippen LogP contribution in [0.2, 0.25) is 0 Å². The van der Waals surface area contributed by atoms with Crippen molar-refractivity contribution < 1.29 is 14.3 Å². The molecule has 1 fully saturated rings. The van der Waals surface area contributed by atoms with Gasteiger partial charge in [0, 0.05) is 58.2 Å². The highest BCUT2D eigenvalue weighted by Crippen LogP contribution is 2.18. The summed E-state index contributed by atoms with van der Waals surface area (Å²) in [7, 11) is 5.66. The lowest BCUT2D eigenvalue weighted by Gasteiger charge is -2.37. The molecule has 0 unspecified atom stereocenters. The van der Waals surface area contributed by atoms with Crippen molar-refractivity contribution >= 4 is 17.3 Å². The highest BCUT2D eigenvalue weighted by atomic mass is 16.5. The number of methoxy groups -OCH3 is 1. The fourth-order valence-electron chi connectivity index (χ4n) is 3.59. The van der Waals surface area contributed by atoms with Crippen LogP contribution in [0.5, 0.6) is 11.5 Å². The van der Waals surface area contributed by atoms with E-state index in [0.717, 1.165) is 55.6 Å². The number of nitrogens with one attached hydrogen (secondary N) is 1. The lowest BCUT2D eigenvalue weighted by Crippen LogP contribution is -2.53. The lowest BCUT2D eigenvalue weighted by atomic mass is 10.2. The van der Waals surface area contributed by atoms with Crippen LogP contribution in [0, 0.1) is 0 Å². The monoisotopic (exact) mass is 426 g/mol. The Bertz CT molecular complexity index is 816. The summed E-state index contributed by atoms with van der Waals surface area (Å²) in [5.74, 6) is 1.71. The third-order valence-corrected chi connectivity index (χ3v) is 5.72. The zero-order valence-electron chi connectivity index (χ0n) is 19.0. The van der Waals surface area contributed by atoms with Gasteiger partial charge in [0.15, 0.2) is 0 Å². The Kier molecular flexibility index (Phi) is 8.14. The first-order valence-corrected chi connectivity index (χ1v) is 10.8. The largest absolute Gasteiger partial charge is 0.497 e. The Balaban J connectivity index is 1.38. The number of nitrogens with zero attached hydrogens (tertiary/aromatic N) is 3. The average molecular weight is 427 g/mol. The van der Waals surface area contributed by atoms with Crippen LogP contribution in [-0.4, -0.2) is 82.3 Å². The number of hydrogen-bond donors (Lipinski definition) is 1. The van der Waals surface area contributed by atoms with Crippen molar-refractivity contribution in [3.63, 3.8) is 0 Å². The van der Waals surface area contributed by atoms with Crippen LogP contribution >= 0.6 is 0 Å². The Morgan fingerprint density at radius 3 is 2.19 bits per heavy atom. The molecule has 0 aromatic heterocycles. The van der Waals surface area contributed by atoms with Gasteiger partial charge in [0.05, 0.1) is 13.2 Å². The lowest BCUT2D eigenvalue weighted by molar-refractivity contribution is -0.121. The molecule has 1 N–H and O–H groups in total. The van der Waals surface area contributed by atoms with Gasteiger partial charge in [-0.2, -0.15) is 0 Å². The Morgan fingerprint density at radius 2 is 1.61 bits per heavy atom. The molecule has 1 amide bonds. The quantitative estimate of drug-likeness (QED) is 0.666. The molecular weight excluding hydrogens is 392 g/mol. The molecule has 1 heterocycles. The molecule has 0 bridgehead atoms. The molecule has 3 rings (SSSR count). The van der Waals surface area contributed by atoms with Crippen molar-refractivity contribution in [3.05, 3.63) is 48.5 Å². The number of hydrogen-bond acceptors (Lipinski definition) is 6. The second kappa shape index (κ2) is 11.0. The van der Waals surface area contributed by atoms with E-state index < -0.39 is 0 Å². The van der Waals surface area contributed by atoms with Gasteiger partial charge in [-0.15, -0.1) is 0 Å². The van der Waals surface area contributed by atoms with Gasteiger partial charge in [-0.3, -0.25) is 14.6 Å². The maximum atomic E-state index is 12.7. The van der Waals surface area contributed by atoms with E-state index in [1.807, 2.05) is 74.4 Å². The van der Waals surface area contributed by atoms with Gasteiger partial charge in [-0.1, -0.05) is 0 Å². The molecule has 1 saturated heterocycles. The first-order chi connectivity index (χ1) is 15.0. The SMILES string of the molecule is COc1ccc(OCCN2CCN([C@H](C)C(=O)Nc3ccc(N(C)C)cc3)CC2)cc1. The molecule has 0 aliphatic carbocycles. The minimum absolute atomic E-state index is 0.0360. The van der Waals surface area contributed by atoms with E-state index >= 15 is 0 Å². The van der Waals surface area contributed by atoms with E-state index in [4.69, 9.17) is 9.47 Å². The molecule has 0 spiro atoms. The van der Waals surface area contributed by atoms with Gasteiger partial charge < -0.3 is 19.7 Å². The Hall–Kier alpha value is -2.77. The molecule has 1 aliphatic rings. The summed E-state index contributed by atoms with van der Waals surface area (Å²) in [6.07, 6.45) is 0. The van der Waals surface area contributed by atoms with Crippen LogP contribution in [0.3, 0.4) is 0 Å². The maximum Gasteiger partial charge on any atom is 0.241 e. The van der Waals surface area contributed by atoms with Gasteiger partial charge in [0.2, 0.25) is 5.91 Å². The maximum absolute atomic E-state index is 12.7. The minimum Gasteiger partial charge on any atom is -0.497 e. The molecule has 168 valence electrons. The topological polar surface area (TPSA) is 57.3 Å². The second-order valence-electron chi connectivity index (χ2n) is 8.01. The predicted octanol–water partition coefficient (Wildman–Crippen LogP) is 2.78. The average Bonchev–Trinajstić information content (AvgIpc) is 2.80. The van der Waals surface area contributed by atoms with Crippen LogP contribution in [0.4, 0.5) is 11.4 Å². The minimum atomic E-state index is -0.161. The highest BCUT2D eigenvalue weighted by molar-refractivity contribution is 5.94. The van der Waals surface area contributed by atoms with E-state index in [9.17, 15) is 4.79 Å². The summed E-state index contributed by atoms with van der Waals surface area (Å²) in [6, 6.07) is 15.4. The van der Waals surface area contributed by atoms with E-state index in [0.29, 0.717) is 6.61 Å². The molecule has 1 aliphatic heterocycles. The summed E-state index contributed by atoms with van der Waals surface area (Å²) in [4.78, 5) is 19.3. The number of ether oxygens (including phenoxy) is 2. The van der Waals surface area contributed by atoms with Crippen LogP contribution in [0.15, 0.2) is 48.5 Å². The molecule has 7 heteroatoms. The number of anilines is 2. The summed E-state index contributed by atoms with van der Waals surface area (Å²) >= 11 is 0. The summed E-state index contributed by atoms with van der Waals surface area (Å²) in [5.41, 5.74) is 1.94. The van der Waals surface area contributed by atoms with Crippen molar-refractivity contribution in [1.82, 2.24) is 9.80 Å². The number of amides is 1. The molecule has 1 atom stereocenters. The Labute approximate surface area is 185 Å². The van der Waals surface area contributed by atoms with Gasteiger partial charge in [-0.05, 0) is 55.5 Å². The fourth-order valence-corrected chi connectivity index (χ4v) is 3.59. The van der Waals surface area contributed by atoms with Crippen molar-refractivity contribution in [1.29, 1.82) is 0 Å². The van der Waals surface area contributed by atoms with Gasteiger partial charge in [-0.25, -0.2) is 0 Å². The highest BCUT2D eigenvalue weighted by Gasteiger charge is 2.25. The number of carbonyl (C=O) groups excluding carboxylic acids is 1.